The molecule has 0 aliphatic heterocycles. The number of benzene rings is 1. The van der Waals surface area contributed by atoms with Gasteiger partial charge in [-0.25, -0.2) is 0 Å². The van der Waals surface area contributed by atoms with E-state index in [0.717, 1.165) is 18.5 Å². The highest BCUT2D eigenvalue weighted by Gasteiger charge is 2.02. The van der Waals surface area contributed by atoms with E-state index in [1.54, 1.807) is 0 Å². The molecule has 0 aromatic heterocycles. The summed E-state index contributed by atoms with van der Waals surface area (Å²) >= 11 is 0. The number of hydrogen-bond acceptors (Lipinski definition) is 1. The Hall–Kier alpha value is -1.31. The minimum absolute atomic E-state index is 0.0505. The zero-order chi connectivity index (χ0) is 17.3. The molecule has 0 aliphatic rings. The van der Waals surface area contributed by atoms with E-state index in [-0.39, 0.29) is 5.91 Å². The molecule has 1 aromatic rings. The van der Waals surface area contributed by atoms with Gasteiger partial charge in [0.25, 0.3) is 5.91 Å². The number of unbranched alkanes of at least 4 members (excludes halogenated alkanes) is 12. The molecular weight excluding hydrogens is 294 g/mol. The monoisotopic (exact) mass is 331 g/mol. The van der Waals surface area contributed by atoms with E-state index < -0.39 is 0 Å². The van der Waals surface area contributed by atoms with Gasteiger partial charge in [-0.15, -0.1) is 0 Å². The molecule has 0 fully saturated rings. The fourth-order valence-electron chi connectivity index (χ4n) is 3.04. The van der Waals surface area contributed by atoms with E-state index in [9.17, 15) is 4.79 Å². The van der Waals surface area contributed by atoms with Crippen LogP contribution in [0.3, 0.4) is 0 Å². The second-order valence-electron chi connectivity index (χ2n) is 6.86. The summed E-state index contributed by atoms with van der Waals surface area (Å²) in [5.74, 6) is 0.0505. The van der Waals surface area contributed by atoms with Crippen LogP contribution >= 0.6 is 0 Å². The number of carbonyl (C=O) groups excluding carboxylic acids is 1. The number of carbonyl (C=O) groups is 1. The molecule has 2 nitrogen and oxygen atoms in total. The van der Waals surface area contributed by atoms with Crippen molar-refractivity contribution in [1.29, 1.82) is 0 Å². The van der Waals surface area contributed by atoms with E-state index in [4.69, 9.17) is 0 Å². The average Bonchev–Trinajstić information content (AvgIpc) is 2.62. The maximum Gasteiger partial charge on any atom is 0.251 e. The Balaban J connectivity index is 1.80. The van der Waals surface area contributed by atoms with Crippen LogP contribution in [0.15, 0.2) is 30.3 Å². The lowest BCUT2D eigenvalue weighted by atomic mass is 10.0. The molecule has 0 aliphatic carbocycles. The zero-order valence-electron chi connectivity index (χ0n) is 15.7. The minimum Gasteiger partial charge on any atom is -0.352 e. The second kappa shape index (κ2) is 15.2. The van der Waals surface area contributed by atoms with Crippen molar-refractivity contribution in [1.82, 2.24) is 5.32 Å². The molecule has 1 rings (SSSR count). The van der Waals surface area contributed by atoms with Crippen LogP contribution in [0.5, 0.6) is 0 Å². The average molecular weight is 332 g/mol. The second-order valence-corrected chi connectivity index (χ2v) is 6.86. The number of nitrogens with one attached hydrogen (secondary N) is 1. The molecule has 0 atom stereocenters. The summed E-state index contributed by atoms with van der Waals surface area (Å²) in [5, 5.41) is 3.00. The van der Waals surface area contributed by atoms with Crippen LogP contribution in [-0.4, -0.2) is 12.5 Å². The molecule has 136 valence electrons. The molecule has 0 spiro atoms. The van der Waals surface area contributed by atoms with Crippen LogP contribution in [-0.2, 0) is 0 Å². The van der Waals surface area contributed by atoms with Crippen LogP contribution in [0.1, 0.15) is 101 Å². The molecule has 1 N–H and O–H groups in total. The zero-order valence-corrected chi connectivity index (χ0v) is 15.7. The fourth-order valence-corrected chi connectivity index (χ4v) is 3.04. The Morgan fingerprint density at radius 3 is 1.67 bits per heavy atom. The molecule has 24 heavy (non-hydrogen) atoms. The maximum atomic E-state index is 11.9. The van der Waals surface area contributed by atoms with Crippen LogP contribution in [0.4, 0.5) is 0 Å². The van der Waals surface area contributed by atoms with Crippen molar-refractivity contribution in [2.45, 2.75) is 90.4 Å². The first-order chi connectivity index (χ1) is 11.8. The molecular formula is C22H37NO. The van der Waals surface area contributed by atoms with Gasteiger partial charge in [-0.3, -0.25) is 4.79 Å². The summed E-state index contributed by atoms with van der Waals surface area (Å²) in [6.45, 7) is 3.07. The normalized spacial score (nSPS) is 10.7. The molecule has 0 saturated heterocycles. The predicted molar refractivity (Wildman–Crippen MR) is 104 cm³/mol. The van der Waals surface area contributed by atoms with Gasteiger partial charge in [0.1, 0.15) is 0 Å². The van der Waals surface area contributed by atoms with E-state index in [0.29, 0.717) is 0 Å². The summed E-state index contributed by atoms with van der Waals surface area (Å²) in [6, 6.07) is 9.46. The maximum absolute atomic E-state index is 11.9. The minimum atomic E-state index is 0.0505. The van der Waals surface area contributed by atoms with E-state index in [1.165, 1.54) is 77.0 Å². The lowest BCUT2D eigenvalue weighted by Gasteiger charge is -2.05. The Morgan fingerprint density at radius 2 is 1.17 bits per heavy atom. The summed E-state index contributed by atoms with van der Waals surface area (Å²) in [4.78, 5) is 11.9. The van der Waals surface area contributed by atoms with Gasteiger partial charge in [0, 0.05) is 12.1 Å². The SMILES string of the molecule is CCCCCCCCCCCCCCCNC(=O)c1ccccc1. The standard InChI is InChI=1S/C22H37NO/c1-2-3-4-5-6-7-8-9-10-11-12-13-17-20-23-22(24)21-18-15-14-16-19-21/h14-16,18-19H,2-13,17,20H2,1H3,(H,23,24). The van der Waals surface area contributed by atoms with Gasteiger partial charge in [-0.1, -0.05) is 102 Å². The van der Waals surface area contributed by atoms with Crippen molar-refractivity contribution in [3.63, 3.8) is 0 Å². The van der Waals surface area contributed by atoms with Crippen LogP contribution in [0.2, 0.25) is 0 Å². The number of hydrogen-bond donors (Lipinski definition) is 1. The third-order valence-corrected chi connectivity index (χ3v) is 4.60. The van der Waals surface area contributed by atoms with Gasteiger partial charge in [0.2, 0.25) is 0 Å². The molecule has 1 aromatic carbocycles. The molecule has 0 saturated carbocycles. The quantitative estimate of drug-likeness (QED) is 0.365. The lowest BCUT2D eigenvalue weighted by Crippen LogP contribution is -2.24. The Morgan fingerprint density at radius 1 is 0.708 bits per heavy atom. The number of amides is 1. The highest BCUT2D eigenvalue weighted by molar-refractivity contribution is 5.94. The van der Waals surface area contributed by atoms with Gasteiger partial charge in [-0.2, -0.15) is 0 Å². The van der Waals surface area contributed by atoms with Crippen molar-refractivity contribution < 1.29 is 4.79 Å². The topological polar surface area (TPSA) is 29.1 Å². The summed E-state index contributed by atoms with van der Waals surface area (Å²) in [6.07, 6.45) is 17.6. The molecule has 0 radical (unpaired) electrons. The van der Waals surface area contributed by atoms with E-state index >= 15 is 0 Å². The summed E-state index contributed by atoms with van der Waals surface area (Å²) < 4.78 is 0. The first-order valence-electron chi connectivity index (χ1n) is 10.2. The fraction of sp³-hybridized carbons (Fsp3) is 0.682. The lowest BCUT2D eigenvalue weighted by molar-refractivity contribution is 0.0953. The third kappa shape index (κ3) is 11.3. The third-order valence-electron chi connectivity index (χ3n) is 4.60. The predicted octanol–water partition coefficient (Wildman–Crippen LogP) is 6.51. The molecule has 2 heteroatoms. The van der Waals surface area contributed by atoms with Gasteiger partial charge < -0.3 is 5.32 Å². The van der Waals surface area contributed by atoms with Crippen LogP contribution in [0.25, 0.3) is 0 Å². The number of rotatable bonds is 15. The van der Waals surface area contributed by atoms with E-state index in [2.05, 4.69) is 12.2 Å². The summed E-state index contributed by atoms with van der Waals surface area (Å²) in [5.41, 5.74) is 0.757. The van der Waals surface area contributed by atoms with Crippen LogP contribution in [0, 0.1) is 0 Å². The molecule has 0 bridgehead atoms. The van der Waals surface area contributed by atoms with Gasteiger partial charge in [0.15, 0.2) is 0 Å². The highest BCUT2D eigenvalue weighted by Crippen LogP contribution is 2.12. The molecule has 0 heterocycles. The first kappa shape index (κ1) is 20.7. The Bertz CT molecular complexity index is 402. The van der Waals surface area contributed by atoms with Gasteiger partial charge in [0.05, 0.1) is 0 Å². The van der Waals surface area contributed by atoms with Gasteiger partial charge in [-0.05, 0) is 18.6 Å². The van der Waals surface area contributed by atoms with Crippen molar-refractivity contribution in [3.8, 4) is 0 Å². The van der Waals surface area contributed by atoms with Gasteiger partial charge >= 0.3 is 0 Å². The molecule has 1 amide bonds. The summed E-state index contributed by atoms with van der Waals surface area (Å²) in [7, 11) is 0. The van der Waals surface area contributed by atoms with Crippen molar-refractivity contribution >= 4 is 5.91 Å². The Kier molecular flexibility index (Phi) is 13.2. The van der Waals surface area contributed by atoms with Crippen molar-refractivity contribution in [2.75, 3.05) is 6.54 Å². The first-order valence-corrected chi connectivity index (χ1v) is 10.2. The Labute approximate surface area is 149 Å². The smallest absolute Gasteiger partial charge is 0.251 e. The molecule has 0 unspecified atom stereocenters. The van der Waals surface area contributed by atoms with Crippen molar-refractivity contribution in [2.24, 2.45) is 0 Å². The van der Waals surface area contributed by atoms with Crippen molar-refractivity contribution in [3.05, 3.63) is 35.9 Å². The van der Waals surface area contributed by atoms with Crippen LogP contribution < -0.4 is 5.32 Å². The van der Waals surface area contributed by atoms with E-state index in [1.807, 2.05) is 30.3 Å². The highest BCUT2D eigenvalue weighted by atomic mass is 16.1. The largest absolute Gasteiger partial charge is 0.352 e.